The summed E-state index contributed by atoms with van der Waals surface area (Å²) < 4.78 is 6.39. The SMILES string of the molecule is COc1cccc2cncc(I)c12. The fraction of sp³-hybridized carbons (Fsp3) is 0.100. The van der Waals surface area contributed by atoms with E-state index in [9.17, 15) is 0 Å². The Balaban J connectivity index is 2.87. The number of ether oxygens (including phenoxy) is 1. The molecule has 0 fully saturated rings. The molecule has 0 spiro atoms. The maximum Gasteiger partial charge on any atom is 0.127 e. The van der Waals surface area contributed by atoms with Gasteiger partial charge < -0.3 is 4.74 Å². The Morgan fingerprint density at radius 1 is 1.31 bits per heavy atom. The van der Waals surface area contributed by atoms with Gasteiger partial charge >= 0.3 is 0 Å². The van der Waals surface area contributed by atoms with Crippen LogP contribution in [0.15, 0.2) is 30.6 Å². The van der Waals surface area contributed by atoms with E-state index in [0.717, 1.165) is 20.1 Å². The van der Waals surface area contributed by atoms with Crippen molar-refractivity contribution in [2.75, 3.05) is 7.11 Å². The topological polar surface area (TPSA) is 22.1 Å². The minimum Gasteiger partial charge on any atom is -0.496 e. The minimum atomic E-state index is 0.907. The molecule has 0 N–H and O–H groups in total. The summed E-state index contributed by atoms with van der Waals surface area (Å²) in [7, 11) is 1.69. The zero-order chi connectivity index (χ0) is 9.26. The highest BCUT2D eigenvalue weighted by Crippen LogP contribution is 2.28. The van der Waals surface area contributed by atoms with Crippen molar-refractivity contribution in [3.8, 4) is 5.75 Å². The van der Waals surface area contributed by atoms with Crippen LogP contribution in [0.5, 0.6) is 5.75 Å². The number of halogens is 1. The zero-order valence-electron chi connectivity index (χ0n) is 7.12. The molecular formula is C10H8INO. The number of nitrogens with zero attached hydrogens (tertiary/aromatic N) is 1. The molecule has 1 aromatic heterocycles. The Morgan fingerprint density at radius 2 is 2.15 bits per heavy atom. The highest BCUT2D eigenvalue weighted by Gasteiger charge is 2.03. The second-order valence-electron chi connectivity index (χ2n) is 2.68. The smallest absolute Gasteiger partial charge is 0.127 e. The second kappa shape index (κ2) is 3.49. The fourth-order valence-electron chi connectivity index (χ4n) is 1.33. The Labute approximate surface area is 90.1 Å². The lowest BCUT2D eigenvalue weighted by atomic mass is 10.1. The summed E-state index contributed by atoms with van der Waals surface area (Å²) in [6, 6.07) is 5.97. The van der Waals surface area contributed by atoms with Gasteiger partial charge in [0.15, 0.2) is 0 Å². The highest BCUT2D eigenvalue weighted by molar-refractivity contribution is 14.1. The molecule has 0 saturated carbocycles. The summed E-state index contributed by atoms with van der Waals surface area (Å²) >= 11 is 2.26. The van der Waals surface area contributed by atoms with Gasteiger partial charge in [-0.2, -0.15) is 0 Å². The maximum atomic E-state index is 5.28. The molecule has 0 amide bonds. The van der Waals surface area contributed by atoms with Gasteiger partial charge in [0, 0.05) is 26.7 Å². The van der Waals surface area contributed by atoms with Crippen LogP contribution in [0, 0.1) is 3.57 Å². The largest absolute Gasteiger partial charge is 0.496 e. The number of aromatic nitrogens is 1. The van der Waals surface area contributed by atoms with Gasteiger partial charge in [-0.25, -0.2) is 0 Å². The van der Waals surface area contributed by atoms with Gasteiger partial charge in [-0.15, -0.1) is 0 Å². The highest BCUT2D eigenvalue weighted by atomic mass is 127. The molecule has 0 aliphatic heterocycles. The van der Waals surface area contributed by atoms with Crippen LogP contribution in [0.4, 0.5) is 0 Å². The van der Waals surface area contributed by atoms with Crippen LogP contribution in [0.3, 0.4) is 0 Å². The van der Waals surface area contributed by atoms with Crippen LogP contribution in [0.25, 0.3) is 10.8 Å². The predicted octanol–water partition coefficient (Wildman–Crippen LogP) is 2.85. The monoisotopic (exact) mass is 285 g/mol. The standard InChI is InChI=1S/C10H8INO/c1-13-9-4-2-3-7-5-12-6-8(11)10(7)9/h2-6H,1H3. The molecule has 0 radical (unpaired) electrons. The zero-order valence-corrected chi connectivity index (χ0v) is 9.28. The number of benzene rings is 1. The van der Waals surface area contributed by atoms with Gasteiger partial charge in [-0.05, 0) is 28.7 Å². The van der Waals surface area contributed by atoms with Crippen LogP contribution in [-0.4, -0.2) is 12.1 Å². The van der Waals surface area contributed by atoms with Crippen LogP contribution in [-0.2, 0) is 0 Å². The molecule has 13 heavy (non-hydrogen) atoms. The van der Waals surface area contributed by atoms with Crippen molar-refractivity contribution in [1.82, 2.24) is 4.98 Å². The Hall–Kier alpha value is -0.840. The van der Waals surface area contributed by atoms with Crippen LogP contribution in [0.2, 0.25) is 0 Å². The van der Waals surface area contributed by atoms with Gasteiger partial charge in [-0.3, -0.25) is 4.98 Å². The molecule has 1 aromatic carbocycles. The van der Waals surface area contributed by atoms with E-state index in [1.165, 1.54) is 0 Å². The molecule has 0 unspecified atom stereocenters. The fourth-order valence-corrected chi connectivity index (χ4v) is 2.07. The van der Waals surface area contributed by atoms with E-state index < -0.39 is 0 Å². The van der Waals surface area contributed by atoms with Gasteiger partial charge in [0.1, 0.15) is 5.75 Å². The first-order valence-corrected chi connectivity index (χ1v) is 4.97. The molecule has 66 valence electrons. The van der Waals surface area contributed by atoms with Crippen LogP contribution < -0.4 is 4.74 Å². The molecule has 2 rings (SSSR count). The third-order valence-corrected chi connectivity index (χ3v) is 2.74. The van der Waals surface area contributed by atoms with Crippen molar-refractivity contribution in [3.63, 3.8) is 0 Å². The first kappa shape index (κ1) is 8.74. The summed E-state index contributed by atoms with van der Waals surface area (Å²) in [4.78, 5) is 4.12. The molecule has 2 aromatic rings. The molecule has 0 bridgehead atoms. The molecule has 0 atom stereocenters. The van der Waals surface area contributed by atoms with Crippen molar-refractivity contribution in [2.24, 2.45) is 0 Å². The number of fused-ring (bicyclic) bond motifs is 1. The number of hydrogen-bond donors (Lipinski definition) is 0. The van der Waals surface area contributed by atoms with Gasteiger partial charge in [0.2, 0.25) is 0 Å². The lowest BCUT2D eigenvalue weighted by Gasteiger charge is -2.05. The Bertz CT molecular complexity index is 437. The number of hydrogen-bond acceptors (Lipinski definition) is 2. The maximum absolute atomic E-state index is 5.28. The van der Waals surface area contributed by atoms with Gasteiger partial charge in [0.25, 0.3) is 0 Å². The summed E-state index contributed by atoms with van der Waals surface area (Å²) in [6.07, 6.45) is 3.69. The number of rotatable bonds is 1. The van der Waals surface area contributed by atoms with E-state index in [-0.39, 0.29) is 0 Å². The van der Waals surface area contributed by atoms with Crippen LogP contribution in [0.1, 0.15) is 0 Å². The van der Waals surface area contributed by atoms with Crippen molar-refractivity contribution < 1.29 is 4.74 Å². The number of methoxy groups -OCH3 is 1. The van der Waals surface area contributed by atoms with E-state index in [0.29, 0.717) is 0 Å². The van der Waals surface area contributed by atoms with Gasteiger partial charge in [-0.1, -0.05) is 12.1 Å². The molecule has 2 nitrogen and oxygen atoms in total. The van der Waals surface area contributed by atoms with E-state index in [4.69, 9.17) is 4.74 Å². The summed E-state index contributed by atoms with van der Waals surface area (Å²) in [5, 5.41) is 2.26. The van der Waals surface area contributed by atoms with Crippen molar-refractivity contribution in [3.05, 3.63) is 34.2 Å². The lowest BCUT2D eigenvalue weighted by molar-refractivity contribution is 0.419. The molecule has 0 saturated heterocycles. The Morgan fingerprint density at radius 3 is 2.92 bits per heavy atom. The Kier molecular flexibility index (Phi) is 2.35. The van der Waals surface area contributed by atoms with E-state index >= 15 is 0 Å². The van der Waals surface area contributed by atoms with Gasteiger partial charge in [0.05, 0.1) is 7.11 Å². The predicted molar refractivity (Wildman–Crippen MR) is 61.0 cm³/mol. The van der Waals surface area contributed by atoms with Crippen LogP contribution >= 0.6 is 22.6 Å². The minimum absolute atomic E-state index is 0.907. The van der Waals surface area contributed by atoms with E-state index in [1.54, 1.807) is 7.11 Å². The van der Waals surface area contributed by atoms with Crippen molar-refractivity contribution >= 4 is 33.4 Å². The van der Waals surface area contributed by atoms with E-state index in [2.05, 4.69) is 27.6 Å². The molecule has 3 heteroatoms. The molecular weight excluding hydrogens is 277 g/mol. The third-order valence-electron chi connectivity index (χ3n) is 1.92. The number of pyridine rings is 1. The molecule has 0 aliphatic carbocycles. The average molecular weight is 285 g/mol. The third kappa shape index (κ3) is 1.48. The summed E-state index contributed by atoms with van der Waals surface area (Å²) in [5.41, 5.74) is 0. The van der Waals surface area contributed by atoms with Crippen molar-refractivity contribution in [2.45, 2.75) is 0 Å². The summed E-state index contributed by atoms with van der Waals surface area (Å²) in [6.45, 7) is 0. The molecule has 1 heterocycles. The first-order chi connectivity index (χ1) is 6.33. The van der Waals surface area contributed by atoms with Crippen molar-refractivity contribution in [1.29, 1.82) is 0 Å². The molecule has 0 aliphatic rings. The second-order valence-corrected chi connectivity index (χ2v) is 3.84. The normalized spacial score (nSPS) is 10.3. The first-order valence-electron chi connectivity index (χ1n) is 3.89. The lowest BCUT2D eigenvalue weighted by Crippen LogP contribution is -1.87. The average Bonchev–Trinajstić information content (AvgIpc) is 2.17. The van der Waals surface area contributed by atoms with E-state index in [1.807, 2.05) is 30.6 Å². The summed E-state index contributed by atoms with van der Waals surface area (Å²) in [5.74, 6) is 0.907. The quantitative estimate of drug-likeness (QED) is 0.752.